The van der Waals surface area contributed by atoms with Crippen LogP contribution >= 0.6 is 22.9 Å². The predicted octanol–water partition coefficient (Wildman–Crippen LogP) is 4.47. The van der Waals surface area contributed by atoms with Crippen molar-refractivity contribution >= 4 is 34.7 Å². The summed E-state index contributed by atoms with van der Waals surface area (Å²) >= 11 is 7.12. The normalized spacial score (nSPS) is 13.6. The first kappa shape index (κ1) is 21.4. The maximum Gasteiger partial charge on any atom is 0.261 e. The standard InChI is InChI=1S/C22H23ClN4O3S/c1-13(2)29-18-10-14(21-24-8-9-27(21)3)4-5-16(18)17-11-15(30-26-17)12-25-22(28)19-6-7-20(23)31-19/h4-7,10-11,13H,8-9,12H2,1-3H3,(H,25,28). The van der Waals surface area contributed by atoms with E-state index in [1.54, 1.807) is 12.1 Å². The second-order valence-corrected chi connectivity index (χ2v) is 9.18. The average molecular weight is 459 g/mol. The number of amidine groups is 1. The molecule has 162 valence electrons. The van der Waals surface area contributed by atoms with Crippen molar-refractivity contribution in [3.63, 3.8) is 0 Å². The Hall–Kier alpha value is -2.84. The smallest absolute Gasteiger partial charge is 0.261 e. The van der Waals surface area contributed by atoms with E-state index in [9.17, 15) is 4.79 Å². The summed E-state index contributed by atoms with van der Waals surface area (Å²) in [5, 5.41) is 7.00. The van der Waals surface area contributed by atoms with E-state index in [1.807, 2.05) is 45.2 Å². The molecule has 0 atom stereocenters. The molecule has 0 fully saturated rings. The Morgan fingerprint density at radius 3 is 2.84 bits per heavy atom. The number of likely N-dealkylation sites (N-methyl/N-ethyl adjacent to an activating group) is 1. The van der Waals surface area contributed by atoms with E-state index in [0.29, 0.717) is 26.4 Å². The van der Waals surface area contributed by atoms with Crippen molar-refractivity contribution in [2.24, 2.45) is 4.99 Å². The summed E-state index contributed by atoms with van der Waals surface area (Å²) in [5.74, 6) is 2.01. The number of hydrogen-bond acceptors (Lipinski definition) is 7. The SMILES string of the molecule is CC(C)Oc1cc(C2=NCCN2C)ccc1-c1cc(CNC(=O)c2ccc(Cl)s2)on1. The van der Waals surface area contributed by atoms with Crippen molar-refractivity contribution in [1.82, 2.24) is 15.4 Å². The van der Waals surface area contributed by atoms with E-state index in [1.165, 1.54) is 11.3 Å². The number of benzene rings is 1. The lowest BCUT2D eigenvalue weighted by Gasteiger charge is -2.17. The molecule has 31 heavy (non-hydrogen) atoms. The maximum atomic E-state index is 12.2. The van der Waals surface area contributed by atoms with Crippen LogP contribution in [0.1, 0.15) is 34.8 Å². The van der Waals surface area contributed by atoms with Gasteiger partial charge in [-0.1, -0.05) is 22.8 Å². The second-order valence-electron chi connectivity index (χ2n) is 7.47. The minimum Gasteiger partial charge on any atom is -0.490 e. The Kier molecular flexibility index (Phi) is 6.29. The Balaban J connectivity index is 1.53. The van der Waals surface area contributed by atoms with Crippen LogP contribution in [0.5, 0.6) is 5.75 Å². The van der Waals surface area contributed by atoms with Gasteiger partial charge in [-0.05, 0) is 38.1 Å². The van der Waals surface area contributed by atoms with Crippen LogP contribution in [0.25, 0.3) is 11.3 Å². The zero-order chi connectivity index (χ0) is 22.0. The largest absolute Gasteiger partial charge is 0.490 e. The zero-order valence-corrected chi connectivity index (χ0v) is 19.1. The van der Waals surface area contributed by atoms with Crippen LogP contribution in [-0.2, 0) is 6.54 Å². The van der Waals surface area contributed by atoms with Crippen LogP contribution in [0.4, 0.5) is 0 Å². The number of nitrogens with one attached hydrogen (secondary N) is 1. The molecule has 7 nitrogen and oxygen atoms in total. The zero-order valence-electron chi connectivity index (χ0n) is 17.5. The summed E-state index contributed by atoms with van der Waals surface area (Å²) < 4.78 is 12.1. The number of amides is 1. The molecule has 3 aromatic rings. The van der Waals surface area contributed by atoms with Crippen LogP contribution in [0.2, 0.25) is 4.34 Å². The van der Waals surface area contributed by atoms with Crippen LogP contribution in [0, 0.1) is 0 Å². The third kappa shape index (κ3) is 4.91. The molecular weight excluding hydrogens is 436 g/mol. The first-order valence-electron chi connectivity index (χ1n) is 9.97. The minimum absolute atomic E-state index is 0.000487. The van der Waals surface area contributed by atoms with Gasteiger partial charge in [0.05, 0.1) is 28.4 Å². The van der Waals surface area contributed by atoms with Gasteiger partial charge in [0.2, 0.25) is 0 Å². The topological polar surface area (TPSA) is 80.0 Å². The van der Waals surface area contributed by atoms with Crippen LogP contribution in [0.15, 0.2) is 45.9 Å². The van der Waals surface area contributed by atoms with E-state index >= 15 is 0 Å². The lowest BCUT2D eigenvalue weighted by atomic mass is 10.1. The molecule has 1 aromatic carbocycles. The number of rotatable bonds is 7. The van der Waals surface area contributed by atoms with Crippen molar-refractivity contribution in [2.75, 3.05) is 20.1 Å². The van der Waals surface area contributed by atoms with Gasteiger partial charge in [-0.2, -0.15) is 0 Å². The van der Waals surface area contributed by atoms with Gasteiger partial charge in [0, 0.05) is 30.8 Å². The third-order valence-corrected chi connectivity index (χ3v) is 5.95. The van der Waals surface area contributed by atoms with E-state index in [0.717, 1.165) is 30.1 Å². The number of aliphatic imine (C=N–C) groups is 1. The maximum absolute atomic E-state index is 12.2. The predicted molar refractivity (Wildman–Crippen MR) is 122 cm³/mol. The molecule has 1 aliphatic rings. The highest BCUT2D eigenvalue weighted by Crippen LogP contribution is 2.32. The highest BCUT2D eigenvalue weighted by atomic mass is 35.5. The molecule has 0 radical (unpaired) electrons. The quantitative estimate of drug-likeness (QED) is 0.565. The monoisotopic (exact) mass is 458 g/mol. The van der Waals surface area contributed by atoms with Gasteiger partial charge in [0.25, 0.3) is 5.91 Å². The molecule has 0 aliphatic carbocycles. The summed E-state index contributed by atoms with van der Waals surface area (Å²) in [7, 11) is 2.03. The number of halogens is 1. The van der Waals surface area contributed by atoms with Gasteiger partial charge in [0.15, 0.2) is 5.76 Å². The lowest BCUT2D eigenvalue weighted by molar-refractivity contribution is 0.0951. The summed E-state index contributed by atoms with van der Waals surface area (Å²) in [6.07, 6.45) is 0.000487. The van der Waals surface area contributed by atoms with Gasteiger partial charge < -0.3 is 19.5 Å². The van der Waals surface area contributed by atoms with Crippen LogP contribution in [-0.4, -0.2) is 48.0 Å². The molecule has 0 saturated heterocycles. The van der Waals surface area contributed by atoms with Crippen molar-refractivity contribution in [2.45, 2.75) is 26.5 Å². The third-order valence-electron chi connectivity index (χ3n) is 4.72. The van der Waals surface area contributed by atoms with E-state index in [2.05, 4.69) is 20.4 Å². The molecule has 1 N–H and O–H groups in total. The van der Waals surface area contributed by atoms with Crippen molar-refractivity contribution in [1.29, 1.82) is 0 Å². The highest BCUT2D eigenvalue weighted by Gasteiger charge is 2.19. The minimum atomic E-state index is -0.204. The fourth-order valence-electron chi connectivity index (χ4n) is 3.28. The van der Waals surface area contributed by atoms with E-state index < -0.39 is 0 Å². The van der Waals surface area contributed by atoms with Crippen LogP contribution < -0.4 is 10.1 Å². The Morgan fingerprint density at radius 2 is 2.16 bits per heavy atom. The summed E-state index contributed by atoms with van der Waals surface area (Å²) in [6, 6.07) is 11.2. The van der Waals surface area contributed by atoms with Crippen molar-refractivity contribution < 1.29 is 14.1 Å². The van der Waals surface area contributed by atoms with Crippen molar-refractivity contribution in [3.8, 4) is 17.0 Å². The molecule has 0 bridgehead atoms. The van der Waals surface area contributed by atoms with Crippen LogP contribution in [0.3, 0.4) is 0 Å². The molecule has 9 heteroatoms. The Bertz CT molecular complexity index is 1120. The fourth-order valence-corrected chi connectivity index (χ4v) is 4.24. The Labute approximate surface area is 189 Å². The number of carbonyl (C=O) groups is 1. The summed E-state index contributed by atoms with van der Waals surface area (Å²) in [6.45, 7) is 5.89. The molecule has 4 rings (SSSR count). The number of carbonyl (C=O) groups excluding carboxylic acids is 1. The molecule has 2 aromatic heterocycles. The average Bonchev–Trinajstić information content (AvgIpc) is 3.47. The first-order valence-corrected chi connectivity index (χ1v) is 11.2. The molecular formula is C22H23ClN4O3S. The van der Waals surface area contributed by atoms with Crippen molar-refractivity contribution in [3.05, 3.63) is 56.9 Å². The van der Waals surface area contributed by atoms with Gasteiger partial charge in [-0.15, -0.1) is 11.3 Å². The second kappa shape index (κ2) is 9.11. The fraction of sp³-hybridized carbons (Fsp3) is 0.318. The molecule has 0 spiro atoms. The number of hydrogen-bond donors (Lipinski definition) is 1. The van der Waals surface area contributed by atoms with Gasteiger partial charge >= 0.3 is 0 Å². The number of ether oxygens (including phenoxy) is 1. The van der Waals surface area contributed by atoms with Gasteiger partial charge in [-0.25, -0.2) is 0 Å². The summed E-state index contributed by atoms with van der Waals surface area (Å²) in [5.41, 5.74) is 2.47. The van der Waals surface area contributed by atoms with Gasteiger partial charge in [0.1, 0.15) is 17.3 Å². The first-order chi connectivity index (χ1) is 14.9. The van der Waals surface area contributed by atoms with Gasteiger partial charge in [-0.3, -0.25) is 9.79 Å². The molecule has 3 heterocycles. The van der Waals surface area contributed by atoms with E-state index in [-0.39, 0.29) is 18.6 Å². The number of nitrogens with zero attached hydrogens (tertiary/aromatic N) is 3. The van der Waals surface area contributed by atoms with E-state index in [4.69, 9.17) is 20.9 Å². The molecule has 0 unspecified atom stereocenters. The number of thiophene rings is 1. The molecule has 1 amide bonds. The Morgan fingerprint density at radius 1 is 1.32 bits per heavy atom. The molecule has 1 aliphatic heterocycles. The lowest BCUT2D eigenvalue weighted by Crippen LogP contribution is -2.23. The number of aromatic nitrogens is 1. The molecule has 0 saturated carbocycles. The highest BCUT2D eigenvalue weighted by molar-refractivity contribution is 7.17. The summed E-state index contributed by atoms with van der Waals surface area (Å²) in [4.78, 5) is 19.5.